The quantitative estimate of drug-likeness (QED) is 0.745. The Hall–Kier alpha value is -2.21. The van der Waals surface area contributed by atoms with Gasteiger partial charge in [-0.25, -0.2) is 4.79 Å². The lowest BCUT2D eigenvalue weighted by Crippen LogP contribution is -2.39. The first-order valence-electron chi connectivity index (χ1n) is 8.11. The lowest BCUT2D eigenvalue weighted by molar-refractivity contribution is -0.138. The molecule has 1 unspecified atom stereocenters. The van der Waals surface area contributed by atoms with E-state index in [-0.39, 0.29) is 30.6 Å². The summed E-state index contributed by atoms with van der Waals surface area (Å²) >= 11 is 5.97. The maximum Gasteiger partial charge on any atom is 0.416 e. The molecule has 1 N–H and O–H groups in total. The molecule has 0 saturated heterocycles. The van der Waals surface area contributed by atoms with Gasteiger partial charge in [0.2, 0.25) is 0 Å². The Morgan fingerprint density at radius 3 is 2.54 bits per heavy atom. The number of carbonyl (C=O) groups is 1. The lowest BCUT2D eigenvalue weighted by atomic mass is 10.0. The number of nitrogens with zero attached hydrogens (tertiary/aromatic N) is 1. The van der Waals surface area contributed by atoms with Crippen LogP contribution in [0.2, 0.25) is 5.02 Å². The van der Waals surface area contributed by atoms with Crippen molar-refractivity contribution >= 4 is 17.6 Å². The Bertz CT molecular complexity index is 764. The van der Waals surface area contributed by atoms with Crippen molar-refractivity contribution in [2.75, 3.05) is 13.6 Å². The molecular weight excluding hydrogens is 365 g/mol. The van der Waals surface area contributed by atoms with Gasteiger partial charge in [-0.2, -0.15) is 13.2 Å². The van der Waals surface area contributed by atoms with Gasteiger partial charge in [-0.1, -0.05) is 41.9 Å². The Balaban J connectivity index is 1.95. The molecule has 26 heavy (non-hydrogen) atoms. The minimum Gasteiger partial charge on any atom is -0.338 e. The van der Waals surface area contributed by atoms with Crippen LogP contribution in [0.25, 0.3) is 0 Å². The number of amides is 2. The molecule has 0 aliphatic heterocycles. The van der Waals surface area contributed by atoms with Crippen molar-refractivity contribution < 1.29 is 18.0 Å². The van der Waals surface area contributed by atoms with E-state index < -0.39 is 11.7 Å². The second kappa shape index (κ2) is 8.45. The summed E-state index contributed by atoms with van der Waals surface area (Å²) in [7, 11) is 1.63. The van der Waals surface area contributed by atoms with Crippen LogP contribution in [-0.2, 0) is 12.6 Å². The van der Waals surface area contributed by atoms with Crippen molar-refractivity contribution in [2.45, 2.75) is 25.6 Å². The number of hydrogen-bond acceptors (Lipinski definition) is 1. The zero-order chi connectivity index (χ0) is 19.3. The first-order chi connectivity index (χ1) is 12.2. The average Bonchev–Trinajstić information content (AvgIpc) is 2.60. The van der Waals surface area contributed by atoms with Gasteiger partial charge in [0.05, 0.1) is 11.6 Å². The van der Waals surface area contributed by atoms with Crippen LogP contribution >= 0.6 is 11.6 Å². The number of halogens is 4. The molecule has 2 aromatic carbocycles. The van der Waals surface area contributed by atoms with Gasteiger partial charge >= 0.3 is 12.2 Å². The number of rotatable bonds is 5. The third-order valence-electron chi connectivity index (χ3n) is 4.23. The largest absolute Gasteiger partial charge is 0.416 e. The number of hydrogen-bond donors (Lipinski definition) is 1. The molecule has 0 heterocycles. The van der Waals surface area contributed by atoms with Crippen LogP contribution in [0.4, 0.5) is 18.0 Å². The highest BCUT2D eigenvalue weighted by Gasteiger charge is 2.32. The van der Waals surface area contributed by atoms with E-state index in [9.17, 15) is 18.0 Å². The van der Waals surface area contributed by atoms with E-state index in [0.29, 0.717) is 5.02 Å². The van der Waals surface area contributed by atoms with E-state index in [0.717, 1.165) is 11.6 Å². The van der Waals surface area contributed by atoms with E-state index >= 15 is 0 Å². The molecule has 2 amide bonds. The van der Waals surface area contributed by atoms with E-state index in [4.69, 9.17) is 11.6 Å². The fourth-order valence-corrected chi connectivity index (χ4v) is 2.81. The minimum atomic E-state index is -4.40. The Morgan fingerprint density at radius 1 is 1.19 bits per heavy atom. The van der Waals surface area contributed by atoms with Gasteiger partial charge in [-0.15, -0.1) is 0 Å². The highest BCUT2D eigenvalue weighted by Crippen LogP contribution is 2.31. The molecule has 0 bridgehead atoms. The molecule has 0 saturated carbocycles. The summed E-state index contributed by atoms with van der Waals surface area (Å²) in [5.74, 6) is 0. The fraction of sp³-hybridized carbons (Fsp3) is 0.316. The Labute approximate surface area is 155 Å². The summed E-state index contributed by atoms with van der Waals surface area (Å²) in [4.78, 5) is 13.8. The molecule has 7 heteroatoms. The third kappa shape index (κ3) is 5.14. The molecule has 1 atom stereocenters. The summed E-state index contributed by atoms with van der Waals surface area (Å²) < 4.78 is 38.9. The third-order valence-corrected chi connectivity index (χ3v) is 4.46. The first kappa shape index (κ1) is 20.1. The average molecular weight is 385 g/mol. The molecule has 0 spiro atoms. The summed E-state index contributed by atoms with van der Waals surface area (Å²) in [6.45, 7) is 1.96. The van der Waals surface area contributed by atoms with E-state index in [1.165, 1.54) is 17.0 Å². The summed E-state index contributed by atoms with van der Waals surface area (Å²) in [6, 6.07) is 12.0. The van der Waals surface area contributed by atoms with E-state index in [1.807, 2.05) is 13.0 Å². The fourth-order valence-electron chi connectivity index (χ4n) is 2.61. The summed E-state index contributed by atoms with van der Waals surface area (Å²) in [5.41, 5.74) is 0.360. The standard InChI is InChI=1S/C19H20ClF3N2O/c1-13(15-7-5-8-16(20)12-15)25(2)18(26)24-11-10-14-6-3-4-9-17(14)19(21,22)23/h3-9,12-13H,10-11H2,1-2H3,(H,24,26). The molecule has 140 valence electrons. The highest BCUT2D eigenvalue weighted by molar-refractivity contribution is 6.30. The Morgan fingerprint density at radius 2 is 1.88 bits per heavy atom. The van der Waals surface area contributed by atoms with Crippen LogP contribution < -0.4 is 5.32 Å². The number of urea groups is 1. The van der Waals surface area contributed by atoms with Gasteiger partial charge in [0.25, 0.3) is 0 Å². The number of carbonyl (C=O) groups excluding carboxylic acids is 1. The van der Waals surface area contributed by atoms with Crippen LogP contribution in [-0.4, -0.2) is 24.5 Å². The molecule has 0 radical (unpaired) electrons. The summed E-state index contributed by atoms with van der Waals surface area (Å²) in [6.07, 6.45) is -4.31. The van der Waals surface area contributed by atoms with Crippen molar-refractivity contribution in [3.8, 4) is 0 Å². The second-order valence-corrected chi connectivity index (χ2v) is 6.42. The molecular formula is C19H20ClF3N2O. The van der Waals surface area contributed by atoms with Crippen molar-refractivity contribution in [3.05, 3.63) is 70.2 Å². The minimum absolute atomic E-state index is 0.0980. The van der Waals surface area contributed by atoms with Crippen molar-refractivity contribution in [2.24, 2.45) is 0 Å². The predicted octanol–water partition coefficient (Wildman–Crippen LogP) is 5.30. The molecule has 0 aromatic heterocycles. The van der Waals surface area contributed by atoms with Crippen molar-refractivity contribution in [1.29, 1.82) is 0 Å². The second-order valence-electron chi connectivity index (χ2n) is 5.98. The van der Waals surface area contributed by atoms with E-state index in [1.54, 1.807) is 31.3 Å². The first-order valence-corrected chi connectivity index (χ1v) is 8.49. The molecule has 0 fully saturated rings. The van der Waals surface area contributed by atoms with Crippen LogP contribution in [0.15, 0.2) is 48.5 Å². The van der Waals surface area contributed by atoms with Crippen LogP contribution in [0, 0.1) is 0 Å². The number of benzene rings is 2. The van der Waals surface area contributed by atoms with Gasteiger partial charge in [0, 0.05) is 18.6 Å². The van der Waals surface area contributed by atoms with Crippen LogP contribution in [0.3, 0.4) is 0 Å². The van der Waals surface area contributed by atoms with Gasteiger partial charge in [-0.3, -0.25) is 0 Å². The van der Waals surface area contributed by atoms with E-state index in [2.05, 4.69) is 5.32 Å². The van der Waals surface area contributed by atoms with Crippen molar-refractivity contribution in [1.82, 2.24) is 10.2 Å². The highest BCUT2D eigenvalue weighted by atomic mass is 35.5. The van der Waals surface area contributed by atoms with Gasteiger partial charge in [-0.05, 0) is 42.7 Å². The zero-order valence-corrected chi connectivity index (χ0v) is 15.2. The molecule has 0 aliphatic carbocycles. The zero-order valence-electron chi connectivity index (χ0n) is 14.5. The topological polar surface area (TPSA) is 32.3 Å². The van der Waals surface area contributed by atoms with Crippen LogP contribution in [0.5, 0.6) is 0 Å². The molecule has 2 aromatic rings. The van der Waals surface area contributed by atoms with Gasteiger partial charge in [0.1, 0.15) is 0 Å². The molecule has 3 nitrogen and oxygen atoms in total. The molecule has 0 aliphatic rings. The SMILES string of the molecule is CC(c1cccc(Cl)c1)N(C)C(=O)NCCc1ccccc1C(F)(F)F. The maximum atomic E-state index is 13.0. The van der Waals surface area contributed by atoms with Gasteiger partial charge < -0.3 is 10.2 Å². The van der Waals surface area contributed by atoms with Crippen molar-refractivity contribution in [3.63, 3.8) is 0 Å². The molecule has 2 rings (SSSR count). The van der Waals surface area contributed by atoms with Crippen LogP contribution in [0.1, 0.15) is 29.7 Å². The number of alkyl halides is 3. The lowest BCUT2D eigenvalue weighted by Gasteiger charge is -2.26. The Kier molecular flexibility index (Phi) is 6.53. The predicted molar refractivity (Wildman–Crippen MR) is 96.2 cm³/mol. The smallest absolute Gasteiger partial charge is 0.338 e. The normalized spacial score (nSPS) is 12.5. The maximum absolute atomic E-state index is 13.0. The summed E-state index contributed by atoms with van der Waals surface area (Å²) in [5, 5.41) is 3.24. The monoisotopic (exact) mass is 384 g/mol. The van der Waals surface area contributed by atoms with Gasteiger partial charge in [0.15, 0.2) is 0 Å². The number of nitrogens with one attached hydrogen (secondary N) is 1.